The number of aromatic nitrogens is 2. The van der Waals surface area contributed by atoms with Crippen molar-refractivity contribution in [3.05, 3.63) is 60.2 Å². The summed E-state index contributed by atoms with van der Waals surface area (Å²) < 4.78 is 5.52. The minimum atomic E-state index is -0.0338. The van der Waals surface area contributed by atoms with Gasteiger partial charge < -0.3 is 25.4 Å². The number of nitrogens with zero attached hydrogens (tertiary/aromatic N) is 3. The summed E-state index contributed by atoms with van der Waals surface area (Å²) in [7, 11) is 0. The van der Waals surface area contributed by atoms with Crippen molar-refractivity contribution in [3.63, 3.8) is 0 Å². The maximum atomic E-state index is 12.6. The lowest BCUT2D eigenvalue weighted by Gasteiger charge is -2.28. The molecule has 2 aliphatic rings. The van der Waals surface area contributed by atoms with Gasteiger partial charge in [0, 0.05) is 42.5 Å². The molecule has 0 aliphatic carbocycles. The summed E-state index contributed by atoms with van der Waals surface area (Å²) in [5.41, 5.74) is 4.21. The quantitative estimate of drug-likeness (QED) is 0.506. The Balaban J connectivity index is 1.43. The summed E-state index contributed by atoms with van der Waals surface area (Å²) in [6.07, 6.45) is 1.95. The van der Waals surface area contributed by atoms with Crippen molar-refractivity contribution in [2.24, 2.45) is 5.92 Å². The first kappa shape index (κ1) is 23.4. The van der Waals surface area contributed by atoms with Gasteiger partial charge in [-0.15, -0.1) is 0 Å². The Morgan fingerprint density at radius 1 is 1.09 bits per heavy atom. The number of rotatable bonds is 6. The number of hydrogen-bond donors (Lipinski definition) is 3. The molecule has 0 radical (unpaired) electrons. The van der Waals surface area contributed by atoms with Gasteiger partial charge in [-0.25, -0.2) is 9.97 Å². The van der Waals surface area contributed by atoms with Gasteiger partial charge in [-0.3, -0.25) is 4.79 Å². The fourth-order valence-corrected chi connectivity index (χ4v) is 4.52. The molecule has 2 saturated heterocycles. The van der Waals surface area contributed by atoms with Gasteiger partial charge in [0.2, 0.25) is 5.91 Å². The number of morpholine rings is 1. The summed E-state index contributed by atoms with van der Waals surface area (Å²) in [5.74, 6) is 1.54. The van der Waals surface area contributed by atoms with E-state index in [9.17, 15) is 9.90 Å². The molecule has 5 rings (SSSR count). The standard InChI is InChI=1S/C27H31N5O3/c33-18-19-3-1-4-21(15-19)26-30-24(16-25(31-26)32-11-13-35-14-12-32)20-6-8-23(9-7-20)29-27(34)22-5-2-10-28-17-22/h1,3-4,6-9,15-16,22,28,33H,2,5,10-14,17-18H2,(H,29,34). The van der Waals surface area contributed by atoms with E-state index in [0.717, 1.165) is 72.9 Å². The molecule has 1 aromatic heterocycles. The lowest BCUT2D eigenvalue weighted by atomic mass is 9.99. The molecule has 2 aliphatic heterocycles. The number of amides is 1. The molecule has 1 unspecified atom stereocenters. The van der Waals surface area contributed by atoms with Crippen molar-refractivity contribution in [1.82, 2.24) is 15.3 Å². The highest BCUT2D eigenvalue weighted by molar-refractivity contribution is 5.93. The number of piperidine rings is 1. The van der Waals surface area contributed by atoms with Crippen molar-refractivity contribution in [2.45, 2.75) is 19.4 Å². The molecular weight excluding hydrogens is 442 g/mol. The zero-order valence-electron chi connectivity index (χ0n) is 19.7. The smallest absolute Gasteiger partial charge is 0.228 e. The van der Waals surface area contributed by atoms with Gasteiger partial charge in [0.25, 0.3) is 0 Å². The Bertz CT molecular complexity index is 1160. The maximum absolute atomic E-state index is 12.6. The second-order valence-electron chi connectivity index (χ2n) is 9.00. The summed E-state index contributed by atoms with van der Waals surface area (Å²) in [6, 6.07) is 17.5. The lowest BCUT2D eigenvalue weighted by molar-refractivity contribution is -0.120. The fraction of sp³-hybridized carbons (Fsp3) is 0.370. The zero-order valence-corrected chi connectivity index (χ0v) is 19.7. The minimum absolute atomic E-state index is 0.0126. The topological polar surface area (TPSA) is 99.6 Å². The largest absolute Gasteiger partial charge is 0.392 e. The Hall–Kier alpha value is -3.33. The molecule has 0 bridgehead atoms. The predicted octanol–water partition coefficient (Wildman–Crippen LogP) is 3.08. The first-order valence-electron chi connectivity index (χ1n) is 12.2. The third-order valence-corrected chi connectivity index (χ3v) is 6.53. The molecular formula is C27H31N5O3. The van der Waals surface area contributed by atoms with E-state index in [1.165, 1.54) is 0 Å². The van der Waals surface area contributed by atoms with Crippen molar-refractivity contribution in [3.8, 4) is 22.6 Å². The highest BCUT2D eigenvalue weighted by Gasteiger charge is 2.21. The monoisotopic (exact) mass is 473 g/mol. The molecule has 8 heteroatoms. The Morgan fingerprint density at radius 3 is 2.66 bits per heavy atom. The van der Waals surface area contributed by atoms with E-state index >= 15 is 0 Å². The maximum Gasteiger partial charge on any atom is 0.228 e. The Labute approximate surface area is 205 Å². The lowest BCUT2D eigenvalue weighted by Crippen LogP contribution is -2.37. The van der Waals surface area contributed by atoms with E-state index in [2.05, 4.69) is 15.5 Å². The second kappa shape index (κ2) is 10.9. The van der Waals surface area contributed by atoms with E-state index < -0.39 is 0 Å². The molecule has 3 aromatic rings. The molecule has 1 atom stereocenters. The predicted molar refractivity (Wildman–Crippen MR) is 136 cm³/mol. The van der Waals surface area contributed by atoms with Gasteiger partial charge in [0.1, 0.15) is 5.82 Å². The van der Waals surface area contributed by atoms with Crippen LogP contribution in [-0.4, -0.2) is 60.4 Å². The highest BCUT2D eigenvalue weighted by Crippen LogP contribution is 2.28. The highest BCUT2D eigenvalue weighted by atomic mass is 16.5. The Kier molecular flexibility index (Phi) is 7.32. The summed E-state index contributed by atoms with van der Waals surface area (Å²) >= 11 is 0. The normalized spacial score (nSPS) is 18.3. The number of hydrogen-bond acceptors (Lipinski definition) is 7. The van der Waals surface area contributed by atoms with Gasteiger partial charge in [0.15, 0.2) is 5.82 Å². The average Bonchev–Trinajstić information content (AvgIpc) is 2.94. The molecule has 2 aromatic carbocycles. The molecule has 0 saturated carbocycles. The number of carbonyl (C=O) groups excluding carboxylic acids is 1. The third-order valence-electron chi connectivity index (χ3n) is 6.53. The van der Waals surface area contributed by atoms with Crippen LogP contribution < -0.4 is 15.5 Å². The van der Waals surface area contributed by atoms with Crippen molar-refractivity contribution in [2.75, 3.05) is 49.6 Å². The van der Waals surface area contributed by atoms with Crippen LogP contribution in [0.5, 0.6) is 0 Å². The molecule has 0 spiro atoms. The van der Waals surface area contributed by atoms with E-state index in [-0.39, 0.29) is 18.4 Å². The number of anilines is 2. The second-order valence-corrected chi connectivity index (χ2v) is 9.00. The fourth-order valence-electron chi connectivity index (χ4n) is 4.52. The first-order chi connectivity index (χ1) is 17.2. The summed E-state index contributed by atoms with van der Waals surface area (Å²) in [6.45, 7) is 4.56. The molecule has 3 N–H and O–H groups in total. The SMILES string of the molecule is O=C(Nc1ccc(-c2cc(N3CCOCC3)nc(-c3cccc(CO)c3)n2)cc1)C1CCCNC1. The van der Waals surface area contributed by atoms with Crippen LogP contribution in [0.2, 0.25) is 0 Å². The van der Waals surface area contributed by atoms with E-state index in [0.29, 0.717) is 19.0 Å². The van der Waals surface area contributed by atoms with Crippen LogP contribution in [-0.2, 0) is 16.1 Å². The molecule has 2 fully saturated rings. The van der Waals surface area contributed by atoms with Gasteiger partial charge in [0.05, 0.1) is 31.4 Å². The molecule has 1 amide bonds. The van der Waals surface area contributed by atoms with E-state index in [1.807, 2.05) is 54.6 Å². The van der Waals surface area contributed by atoms with Crippen LogP contribution in [0.3, 0.4) is 0 Å². The first-order valence-corrected chi connectivity index (χ1v) is 12.2. The molecule has 35 heavy (non-hydrogen) atoms. The van der Waals surface area contributed by atoms with Crippen LogP contribution in [0.25, 0.3) is 22.6 Å². The number of nitrogens with one attached hydrogen (secondary N) is 2. The number of benzene rings is 2. The van der Waals surface area contributed by atoms with Gasteiger partial charge in [-0.2, -0.15) is 0 Å². The van der Waals surface area contributed by atoms with Crippen LogP contribution in [0.1, 0.15) is 18.4 Å². The minimum Gasteiger partial charge on any atom is -0.392 e. The van der Waals surface area contributed by atoms with Gasteiger partial charge in [-0.1, -0.05) is 30.3 Å². The van der Waals surface area contributed by atoms with Crippen LogP contribution >= 0.6 is 0 Å². The summed E-state index contributed by atoms with van der Waals surface area (Å²) in [5, 5.41) is 15.9. The van der Waals surface area contributed by atoms with Crippen molar-refractivity contribution in [1.29, 1.82) is 0 Å². The number of ether oxygens (including phenoxy) is 1. The average molecular weight is 474 g/mol. The van der Waals surface area contributed by atoms with Crippen molar-refractivity contribution >= 4 is 17.4 Å². The number of aliphatic hydroxyl groups excluding tert-OH is 1. The molecule has 8 nitrogen and oxygen atoms in total. The van der Waals surface area contributed by atoms with Crippen LogP contribution in [0, 0.1) is 5.92 Å². The molecule has 3 heterocycles. The van der Waals surface area contributed by atoms with Gasteiger partial charge >= 0.3 is 0 Å². The summed E-state index contributed by atoms with van der Waals surface area (Å²) in [4.78, 5) is 24.5. The molecule has 182 valence electrons. The van der Waals surface area contributed by atoms with E-state index in [4.69, 9.17) is 14.7 Å². The third kappa shape index (κ3) is 5.67. The number of carbonyl (C=O) groups is 1. The van der Waals surface area contributed by atoms with Crippen LogP contribution in [0.4, 0.5) is 11.5 Å². The van der Waals surface area contributed by atoms with Gasteiger partial charge in [-0.05, 0) is 43.1 Å². The number of aliphatic hydroxyl groups is 1. The Morgan fingerprint density at radius 2 is 1.91 bits per heavy atom. The van der Waals surface area contributed by atoms with Crippen LogP contribution in [0.15, 0.2) is 54.6 Å². The van der Waals surface area contributed by atoms with Crippen molar-refractivity contribution < 1.29 is 14.6 Å². The zero-order chi connectivity index (χ0) is 24.0. The van der Waals surface area contributed by atoms with E-state index in [1.54, 1.807) is 0 Å².